The van der Waals surface area contributed by atoms with E-state index >= 15 is 0 Å². The fraction of sp³-hybridized carbons (Fsp3) is 0.273. The molecule has 1 aromatic carbocycles. The van der Waals surface area contributed by atoms with Crippen molar-refractivity contribution >= 4 is 22.0 Å². The largest absolute Gasteiger partial charge is 0.0925 e. The Hall–Kier alpha value is -0.560. The number of rotatable bonds is 3. The highest BCUT2D eigenvalue weighted by Crippen LogP contribution is 2.06. The Balaban J connectivity index is 2.63. The van der Waals surface area contributed by atoms with Crippen molar-refractivity contribution in [1.29, 1.82) is 0 Å². The van der Waals surface area contributed by atoms with Gasteiger partial charge in [0.25, 0.3) is 0 Å². The van der Waals surface area contributed by atoms with Crippen LogP contribution in [0.15, 0.2) is 30.3 Å². The quantitative estimate of drug-likeness (QED) is 0.686. The molecule has 0 atom stereocenters. The molecule has 0 heterocycles. The lowest BCUT2D eigenvalue weighted by molar-refractivity contribution is 1.27. The Labute approximate surface area is 82.4 Å². The zero-order valence-electron chi connectivity index (χ0n) is 7.26. The van der Waals surface area contributed by atoms with Gasteiger partial charge in [0.1, 0.15) is 0 Å². The van der Waals surface area contributed by atoms with Crippen LogP contribution in [0.1, 0.15) is 17.5 Å². The molecule has 1 rings (SSSR count). The first kappa shape index (κ1) is 9.53. The average Bonchev–Trinajstić information content (AvgIpc) is 2.05. The molecule has 0 aromatic heterocycles. The van der Waals surface area contributed by atoms with Gasteiger partial charge in [0, 0.05) is 5.33 Å². The molecule has 0 aliphatic rings. The van der Waals surface area contributed by atoms with E-state index in [4.69, 9.17) is 0 Å². The summed E-state index contributed by atoms with van der Waals surface area (Å²) in [5.74, 6) is 0. The Morgan fingerprint density at radius 1 is 1.42 bits per heavy atom. The van der Waals surface area contributed by atoms with Crippen molar-refractivity contribution in [3.63, 3.8) is 0 Å². The molecule has 0 aliphatic heterocycles. The predicted molar refractivity (Wildman–Crippen MR) is 58.6 cm³/mol. The Kier molecular flexibility index (Phi) is 4.09. The first-order chi connectivity index (χ1) is 5.83. The first-order valence-corrected chi connectivity index (χ1v) is 5.24. The zero-order valence-corrected chi connectivity index (χ0v) is 8.84. The number of hydrogen-bond acceptors (Lipinski definition) is 0. The molecule has 0 nitrogen and oxygen atoms in total. The van der Waals surface area contributed by atoms with Gasteiger partial charge in [-0.2, -0.15) is 0 Å². The van der Waals surface area contributed by atoms with Crippen molar-refractivity contribution in [2.45, 2.75) is 13.3 Å². The number of allylic oxidation sites excluding steroid dienone is 1. The second-order valence-corrected chi connectivity index (χ2v) is 3.59. The fourth-order valence-corrected chi connectivity index (χ4v) is 1.32. The van der Waals surface area contributed by atoms with E-state index in [-0.39, 0.29) is 0 Å². The van der Waals surface area contributed by atoms with Crippen molar-refractivity contribution in [1.82, 2.24) is 0 Å². The predicted octanol–water partition coefficient (Wildman–Crippen LogP) is 3.79. The van der Waals surface area contributed by atoms with E-state index < -0.39 is 0 Å². The Morgan fingerprint density at radius 2 is 2.25 bits per heavy atom. The molecule has 0 aliphatic carbocycles. The molecule has 0 amide bonds. The fourth-order valence-electron chi connectivity index (χ4n) is 1.06. The second kappa shape index (κ2) is 5.15. The molecular formula is C11H13Br. The van der Waals surface area contributed by atoms with Crippen LogP contribution in [-0.2, 0) is 0 Å². The summed E-state index contributed by atoms with van der Waals surface area (Å²) in [5.41, 5.74) is 2.60. The van der Waals surface area contributed by atoms with Gasteiger partial charge in [-0.1, -0.05) is 57.9 Å². The molecular weight excluding hydrogens is 212 g/mol. The van der Waals surface area contributed by atoms with Gasteiger partial charge in [-0.3, -0.25) is 0 Å². The molecule has 1 aromatic rings. The number of alkyl halides is 1. The van der Waals surface area contributed by atoms with Gasteiger partial charge in [0.05, 0.1) is 0 Å². The van der Waals surface area contributed by atoms with E-state index in [0.29, 0.717) is 0 Å². The summed E-state index contributed by atoms with van der Waals surface area (Å²) in [7, 11) is 0. The van der Waals surface area contributed by atoms with Crippen molar-refractivity contribution in [3.05, 3.63) is 41.5 Å². The summed E-state index contributed by atoms with van der Waals surface area (Å²) in [4.78, 5) is 0. The van der Waals surface area contributed by atoms with E-state index in [1.54, 1.807) is 0 Å². The van der Waals surface area contributed by atoms with Crippen LogP contribution in [0.4, 0.5) is 0 Å². The van der Waals surface area contributed by atoms with Crippen LogP contribution in [0.25, 0.3) is 6.08 Å². The second-order valence-electron chi connectivity index (χ2n) is 2.79. The van der Waals surface area contributed by atoms with Crippen molar-refractivity contribution < 1.29 is 0 Å². The van der Waals surface area contributed by atoms with E-state index in [9.17, 15) is 0 Å². The van der Waals surface area contributed by atoms with Crippen LogP contribution < -0.4 is 0 Å². The zero-order chi connectivity index (χ0) is 8.81. The van der Waals surface area contributed by atoms with Gasteiger partial charge < -0.3 is 0 Å². The standard InChI is InChI=1S/C11H13Br/c1-10-5-4-7-11(9-10)6-2-3-8-12/h2,4-7,9H,3,8H2,1H3. The third-order valence-corrected chi connectivity index (χ3v) is 2.09. The molecule has 12 heavy (non-hydrogen) atoms. The summed E-state index contributed by atoms with van der Waals surface area (Å²) < 4.78 is 0. The lowest BCUT2D eigenvalue weighted by Gasteiger charge is -1.94. The van der Waals surface area contributed by atoms with Gasteiger partial charge in [-0.05, 0) is 18.9 Å². The number of benzene rings is 1. The van der Waals surface area contributed by atoms with Crippen LogP contribution in [-0.4, -0.2) is 5.33 Å². The lowest BCUT2D eigenvalue weighted by Crippen LogP contribution is -1.74. The lowest BCUT2D eigenvalue weighted by atomic mass is 10.1. The maximum absolute atomic E-state index is 3.39. The highest BCUT2D eigenvalue weighted by Gasteiger charge is 1.85. The maximum Gasteiger partial charge on any atom is 0.00660 e. The molecule has 0 bridgehead atoms. The van der Waals surface area contributed by atoms with Crippen molar-refractivity contribution in [2.75, 3.05) is 5.33 Å². The van der Waals surface area contributed by atoms with E-state index in [1.807, 2.05) is 0 Å². The number of hydrogen-bond donors (Lipinski definition) is 0. The third-order valence-electron chi connectivity index (χ3n) is 1.63. The molecule has 0 N–H and O–H groups in total. The highest BCUT2D eigenvalue weighted by molar-refractivity contribution is 9.09. The minimum Gasteiger partial charge on any atom is -0.0925 e. The van der Waals surface area contributed by atoms with Crippen molar-refractivity contribution in [2.24, 2.45) is 0 Å². The van der Waals surface area contributed by atoms with E-state index in [0.717, 1.165) is 11.8 Å². The number of aryl methyl sites for hydroxylation is 1. The molecule has 0 radical (unpaired) electrons. The van der Waals surface area contributed by atoms with Crippen LogP contribution in [0.5, 0.6) is 0 Å². The van der Waals surface area contributed by atoms with Crippen LogP contribution >= 0.6 is 15.9 Å². The monoisotopic (exact) mass is 224 g/mol. The highest BCUT2D eigenvalue weighted by atomic mass is 79.9. The van der Waals surface area contributed by atoms with Crippen LogP contribution in [0, 0.1) is 6.92 Å². The smallest absolute Gasteiger partial charge is 0.00660 e. The molecule has 0 unspecified atom stereocenters. The Morgan fingerprint density at radius 3 is 2.92 bits per heavy atom. The maximum atomic E-state index is 3.39. The van der Waals surface area contributed by atoms with Gasteiger partial charge >= 0.3 is 0 Å². The summed E-state index contributed by atoms with van der Waals surface area (Å²) in [6.07, 6.45) is 5.44. The number of halogens is 1. The average molecular weight is 225 g/mol. The summed E-state index contributed by atoms with van der Waals surface area (Å²) in [5, 5.41) is 1.04. The summed E-state index contributed by atoms with van der Waals surface area (Å²) >= 11 is 3.39. The SMILES string of the molecule is Cc1cccc(C=CCCBr)c1. The van der Waals surface area contributed by atoms with Gasteiger partial charge in [0.2, 0.25) is 0 Å². The van der Waals surface area contributed by atoms with Gasteiger partial charge in [-0.15, -0.1) is 0 Å². The minimum atomic E-state index is 1.04. The molecule has 0 saturated carbocycles. The van der Waals surface area contributed by atoms with Crippen LogP contribution in [0.3, 0.4) is 0 Å². The first-order valence-electron chi connectivity index (χ1n) is 4.12. The molecule has 64 valence electrons. The third kappa shape index (κ3) is 3.22. The van der Waals surface area contributed by atoms with Crippen molar-refractivity contribution in [3.8, 4) is 0 Å². The van der Waals surface area contributed by atoms with Gasteiger partial charge in [0.15, 0.2) is 0 Å². The van der Waals surface area contributed by atoms with E-state index in [2.05, 4.69) is 59.3 Å². The summed E-state index contributed by atoms with van der Waals surface area (Å²) in [6.45, 7) is 2.11. The van der Waals surface area contributed by atoms with E-state index in [1.165, 1.54) is 11.1 Å². The minimum absolute atomic E-state index is 1.04. The summed E-state index contributed by atoms with van der Waals surface area (Å²) in [6, 6.07) is 8.51. The molecule has 0 saturated heterocycles. The van der Waals surface area contributed by atoms with Gasteiger partial charge in [-0.25, -0.2) is 0 Å². The molecule has 1 heteroatoms. The molecule has 0 spiro atoms. The molecule has 0 fully saturated rings. The normalized spacial score (nSPS) is 10.8. The topological polar surface area (TPSA) is 0 Å². The Bertz CT molecular complexity index is 263. The van der Waals surface area contributed by atoms with Crippen LogP contribution in [0.2, 0.25) is 0 Å².